The van der Waals surface area contributed by atoms with E-state index in [-0.39, 0.29) is 23.3 Å². The highest BCUT2D eigenvalue weighted by atomic mass is 32.2. The molecule has 304 valence electrons. The molecule has 0 saturated carbocycles. The van der Waals surface area contributed by atoms with E-state index in [2.05, 4.69) is 13.2 Å². The van der Waals surface area contributed by atoms with Crippen molar-refractivity contribution in [2.75, 3.05) is 39.9 Å². The van der Waals surface area contributed by atoms with Gasteiger partial charge < -0.3 is 18.9 Å². The first-order chi connectivity index (χ1) is 26.7. The van der Waals surface area contributed by atoms with Gasteiger partial charge in [0, 0.05) is 26.2 Å². The van der Waals surface area contributed by atoms with Crippen molar-refractivity contribution in [3.05, 3.63) is 145 Å². The molecule has 0 heterocycles. The maximum absolute atomic E-state index is 13.1. The predicted molar refractivity (Wildman–Crippen MR) is 226 cm³/mol. The van der Waals surface area contributed by atoms with Gasteiger partial charge in [-0.3, -0.25) is 0 Å². The molecule has 10 nitrogen and oxygen atoms in total. The van der Waals surface area contributed by atoms with Gasteiger partial charge in [-0.1, -0.05) is 74.5 Å². The number of sulfonamides is 2. The van der Waals surface area contributed by atoms with Crippen LogP contribution in [0, 0.1) is 11.8 Å². The number of nitrogens with zero attached hydrogens (tertiary/aromatic N) is 2. The summed E-state index contributed by atoms with van der Waals surface area (Å²) >= 11 is 0. The molecule has 0 aliphatic rings. The third-order valence-corrected chi connectivity index (χ3v) is 13.1. The van der Waals surface area contributed by atoms with Crippen molar-refractivity contribution in [2.45, 2.75) is 52.9 Å². The molecule has 12 heteroatoms. The number of benzene rings is 4. The van der Waals surface area contributed by atoms with Gasteiger partial charge in [-0.25, -0.2) is 16.8 Å². The summed E-state index contributed by atoms with van der Waals surface area (Å²) in [5, 5.41) is 0. The SMILES string of the molecule is C=CC[C@@H](C)CS(=O)(=O)N(Cc1ccc(OC)cc1)Cc1ccc(OC)cc1.C=CC[C@H](C)CS(=O)(=O)N(Cc1ccc(OC)cc1)Cc1ccc(OC)cc1. The second kappa shape index (κ2) is 22.8. The highest BCUT2D eigenvalue weighted by Gasteiger charge is 2.26. The summed E-state index contributed by atoms with van der Waals surface area (Å²) in [4.78, 5) is 0. The van der Waals surface area contributed by atoms with Crippen LogP contribution in [-0.4, -0.2) is 65.4 Å². The number of hydrogen-bond acceptors (Lipinski definition) is 8. The molecule has 0 aromatic heterocycles. The van der Waals surface area contributed by atoms with Crippen molar-refractivity contribution in [3.8, 4) is 23.0 Å². The van der Waals surface area contributed by atoms with Crippen LogP contribution in [0.2, 0.25) is 0 Å². The zero-order valence-electron chi connectivity index (χ0n) is 33.6. The van der Waals surface area contributed by atoms with Gasteiger partial charge in [0.05, 0.1) is 39.9 Å². The fourth-order valence-corrected chi connectivity index (χ4v) is 9.39. The number of ether oxygens (including phenoxy) is 4. The van der Waals surface area contributed by atoms with Crippen LogP contribution in [0.4, 0.5) is 0 Å². The van der Waals surface area contributed by atoms with E-state index in [0.717, 1.165) is 45.3 Å². The highest BCUT2D eigenvalue weighted by Crippen LogP contribution is 2.23. The van der Waals surface area contributed by atoms with Gasteiger partial charge in [0.15, 0.2) is 0 Å². The Morgan fingerprint density at radius 3 is 0.857 bits per heavy atom. The van der Waals surface area contributed by atoms with Gasteiger partial charge in [0.2, 0.25) is 20.0 Å². The van der Waals surface area contributed by atoms with Crippen LogP contribution in [0.25, 0.3) is 0 Å². The van der Waals surface area contributed by atoms with Gasteiger partial charge in [0.25, 0.3) is 0 Å². The number of allylic oxidation sites excluding steroid dienone is 2. The molecule has 56 heavy (non-hydrogen) atoms. The smallest absolute Gasteiger partial charge is 0.214 e. The molecule has 0 saturated heterocycles. The zero-order valence-corrected chi connectivity index (χ0v) is 35.2. The molecule has 0 fully saturated rings. The molecule has 0 N–H and O–H groups in total. The molecule has 4 aromatic rings. The molecule has 4 rings (SSSR count). The molecule has 0 spiro atoms. The quantitative estimate of drug-likeness (QED) is 0.0728. The lowest BCUT2D eigenvalue weighted by Gasteiger charge is -2.24. The zero-order chi connectivity index (χ0) is 41.1. The van der Waals surface area contributed by atoms with Crippen LogP contribution in [-0.2, 0) is 46.2 Å². The van der Waals surface area contributed by atoms with Gasteiger partial charge in [-0.15, -0.1) is 13.2 Å². The molecule has 0 amide bonds. The summed E-state index contributed by atoms with van der Waals surface area (Å²) in [7, 11) is -0.467. The van der Waals surface area contributed by atoms with Crippen LogP contribution in [0.1, 0.15) is 48.9 Å². The van der Waals surface area contributed by atoms with Gasteiger partial charge in [-0.05, 0) is 95.5 Å². The van der Waals surface area contributed by atoms with Gasteiger partial charge in [0.1, 0.15) is 23.0 Å². The maximum atomic E-state index is 13.1. The highest BCUT2D eigenvalue weighted by molar-refractivity contribution is 7.89. The summed E-state index contributed by atoms with van der Waals surface area (Å²) in [6, 6.07) is 29.9. The van der Waals surface area contributed by atoms with E-state index in [1.165, 1.54) is 8.61 Å². The predicted octanol–water partition coefficient (Wildman–Crippen LogP) is 8.50. The lowest BCUT2D eigenvalue weighted by molar-refractivity contribution is 0.393. The molecule has 0 radical (unpaired) electrons. The van der Waals surface area contributed by atoms with E-state index < -0.39 is 20.0 Å². The Balaban J connectivity index is 0.000000300. The monoisotopic (exact) mass is 806 g/mol. The summed E-state index contributed by atoms with van der Waals surface area (Å²) in [6.07, 6.45) is 4.85. The molecule has 0 aliphatic carbocycles. The Bertz CT molecular complexity index is 1740. The van der Waals surface area contributed by atoms with Crippen LogP contribution in [0.5, 0.6) is 23.0 Å². The lowest BCUT2D eigenvalue weighted by Crippen LogP contribution is -2.34. The fraction of sp³-hybridized carbons (Fsp3) is 0.364. The first-order valence-electron chi connectivity index (χ1n) is 18.4. The Morgan fingerprint density at radius 1 is 0.464 bits per heavy atom. The van der Waals surface area contributed by atoms with Crippen LogP contribution in [0.3, 0.4) is 0 Å². The van der Waals surface area contributed by atoms with Crippen molar-refractivity contribution in [3.63, 3.8) is 0 Å². The van der Waals surface area contributed by atoms with Crippen molar-refractivity contribution in [2.24, 2.45) is 11.8 Å². The molecular formula is C44H58N2O8S2. The lowest BCUT2D eigenvalue weighted by atomic mass is 10.1. The molecule has 2 atom stereocenters. The Hall–Kier alpha value is -4.62. The number of rotatable bonds is 22. The van der Waals surface area contributed by atoms with Crippen LogP contribution in [0.15, 0.2) is 122 Å². The normalized spacial score (nSPS) is 12.6. The molecular weight excluding hydrogens is 749 g/mol. The first-order valence-corrected chi connectivity index (χ1v) is 21.7. The van der Waals surface area contributed by atoms with E-state index in [1.54, 1.807) is 40.6 Å². The molecule has 0 bridgehead atoms. The van der Waals surface area contributed by atoms with Crippen molar-refractivity contribution in [1.29, 1.82) is 0 Å². The average molecular weight is 807 g/mol. The summed E-state index contributed by atoms with van der Waals surface area (Å²) < 4.78 is 76.3. The minimum Gasteiger partial charge on any atom is -0.497 e. The second-order valence-corrected chi connectivity index (χ2v) is 17.8. The van der Waals surface area contributed by atoms with Crippen LogP contribution < -0.4 is 18.9 Å². The van der Waals surface area contributed by atoms with E-state index in [9.17, 15) is 16.8 Å². The van der Waals surface area contributed by atoms with Crippen molar-refractivity contribution < 1.29 is 35.8 Å². The summed E-state index contributed by atoms with van der Waals surface area (Å²) in [5.74, 6) is 3.17. The summed E-state index contributed by atoms with van der Waals surface area (Å²) in [5.41, 5.74) is 3.65. The topological polar surface area (TPSA) is 112 Å². The third-order valence-electron chi connectivity index (χ3n) is 8.99. The van der Waals surface area contributed by atoms with Crippen molar-refractivity contribution in [1.82, 2.24) is 8.61 Å². The van der Waals surface area contributed by atoms with Gasteiger partial charge >= 0.3 is 0 Å². The van der Waals surface area contributed by atoms with Crippen molar-refractivity contribution >= 4 is 20.0 Å². The van der Waals surface area contributed by atoms with E-state index >= 15 is 0 Å². The molecule has 0 unspecified atom stereocenters. The van der Waals surface area contributed by atoms with E-state index in [4.69, 9.17) is 18.9 Å². The Morgan fingerprint density at radius 2 is 0.679 bits per heavy atom. The van der Waals surface area contributed by atoms with Crippen LogP contribution >= 0.6 is 0 Å². The standard InChI is InChI=1S/2C22H29NO4S/c2*1-5-6-18(2)17-28(24,25)23(15-19-7-11-21(26-3)12-8-19)16-20-9-13-22(27-4)14-10-20/h2*5,7-14,18H,1,6,15-17H2,2-4H3/t2*18-/m10/s1. The number of hydrogen-bond donors (Lipinski definition) is 0. The largest absolute Gasteiger partial charge is 0.497 e. The van der Waals surface area contributed by atoms with Gasteiger partial charge in [-0.2, -0.15) is 8.61 Å². The average Bonchev–Trinajstić information content (AvgIpc) is 3.18. The van der Waals surface area contributed by atoms with E-state index in [0.29, 0.717) is 39.0 Å². The fourth-order valence-electron chi connectivity index (χ4n) is 5.88. The first kappa shape index (κ1) is 45.8. The minimum atomic E-state index is -3.45. The maximum Gasteiger partial charge on any atom is 0.214 e. The minimum absolute atomic E-state index is 0.0109. The molecule has 4 aromatic carbocycles. The Kier molecular flexibility index (Phi) is 18.6. The summed E-state index contributed by atoms with van der Waals surface area (Å²) in [6.45, 7) is 12.5. The molecule has 0 aliphatic heterocycles. The van der Waals surface area contributed by atoms with E-state index in [1.807, 2.05) is 111 Å². The number of methoxy groups -OCH3 is 4. The second-order valence-electron chi connectivity index (χ2n) is 13.7. The Labute approximate surface area is 335 Å². The third kappa shape index (κ3) is 15.1.